The fourth-order valence-electron chi connectivity index (χ4n) is 3.46. The molecule has 134 valence electrons. The Balaban J connectivity index is 1.54. The topological polar surface area (TPSA) is 89.9 Å². The van der Waals surface area contributed by atoms with E-state index in [0.29, 0.717) is 18.2 Å². The van der Waals surface area contributed by atoms with E-state index in [9.17, 15) is 4.79 Å². The van der Waals surface area contributed by atoms with E-state index >= 15 is 0 Å². The van der Waals surface area contributed by atoms with Crippen LogP contribution in [-0.2, 0) is 24.7 Å². The smallest absolute Gasteiger partial charge is 0.222 e. The number of rotatable bonds is 5. The summed E-state index contributed by atoms with van der Waals surface area (Å²) in [6.45, 7) is 3.66. The zero-order valence-corrected chi connectivity index (χ0v) is 15.0. The highest BCUT2D eigenvalue weighted by molar-refractivity contribution is 5.76. The SMILES string of the molecule is Cc1c(CCC(=O)N2CCC[C@@H](Cc3nccnc3N)C2)cnn1C. The molecule has 2 aromatic rings. The van der Waals surface area contributed by atoms with Crippen molar-refractivity contribution in [1.29, 1.82) is 0 Å². The van der Waals surface area contributed by atoms with Crippen molar-refractivity contribution in [2.24, 2.45) is 13.0 Å². The lowest BCUT2D eigenvalue weighted by molar-refractivity contribution is -0.132. The van der Waals surface area contributed by atoms with Crippen molar-refractivity contribution in [2.75, 3.05) is 18.8 Å². The van der Waals surface area contributed by atoms with Gasteiger partial charge < -0.3 is 10.6 Å². The van der Waals surface area contributed by atoms with Crippen LogP contribution in [-0.4, -0.2) is 43.6 Å². The predicted octanol–water partition coefficient (Wildman–Crippen LogP) is 1.51. The van der Waals surface area contributed by atoms with Gasteiger partial charge in [-0.1, -0.05) is 0 Å². The van der Waals surface area contributed by atoms with Crippen molar-refractivity contribution in [2.45, 2.75) is 39.0 Å². The van der Waals surface area contributed by atoms with Crippen molar-refractivity contribution in [3.8, 4) is 0 Å². The molecular formula is C18H26N6O. The van der Waals surface area contributed by atoms with Gasteiger partial charge in [-0.25, -0.2) is 4.98 Å². The first-order valence-electron chi connectivity index (χ1n) is 8.85. The van der Waals surface area contributed by atoms with Gasteiger partial charge in [0.25, 0.3) is 0 Å². The van der Waals surface area contributed by atoms with E-state index < -0.39 is 0 Å². The molecule has 3 rings (SSSR count). The summed E-state index contributed by atoms with van der Waals surface area (Å²) < 4.78 is 1.85. The monoisotopic (exact) mass is 342 g/mol. The highest BCUT2D eigenvalue weighted by Crippen LogP contribution is 2.22. The number of likely N-dealkylation sites (tertiary alicyclic amines) is 1. The second kappa shape index (κ2) is 7.63. The number of hydrogen-bond donors (Lipinski definition) is 1. The zero-order valence-electron chi connectivity index (χ0n) is 15.0. The lowest BCUT2D eigenvalue weighted by atomic mass is 9.93. The third kappa shape index (κ3) is 4.15. The van der Waals surface area contributed by atoms with Gasteiger partial charge in [-0.2, -0.15) is 5.10 Å². The molecule has 25 heavy (non-hydrogen) atoms. The highest BCUT2D eigenvalue weighted by atomic mass is 16.2. The lowest BCUT2D eigenvalue weighted by Crippen LogP contribution is -2.40. The number of piperidine rings is 1. The number of anilines is 1. The molecule has 0 bridgehead atoms. The number of hydrogen-bond acceptors (Lipinski definition) is 5. The number of nitrogens with zero attached hydrogens (tertiary/aromatic N) is 5. The lowest BCUT2D eigenvalue weighted by Gasteiger charge is -2.33. The third-order valence-electron chi connectivity index (χ3n) is 5.11. The summed E-state index contributed by atoms with van der Waals surface area (Å²) in [4.78, 5) is 23.0. The van der Waals surface area contributed by atoms with Gasteiger partial charge in [-0.3, -0.25) is 14.5 Å². The molecular weight excluding hydrogens is 316 g/mol. The van der Waals surface area contributed by atoms with Crippen LogP contribution in [0.3, 0.4) is 0 Å². The molecule has 0 aliphatic carbocycles. The first-order chi connectivity index (χ1) is 12.0. The van der Waals surface area contributed by atoms with Crippen LogP contribution in [0.1, 0.15) is 36.2 Å². The van der Waals surface area contributed by atoms with Gasteiger partial charge in [0.2, 0.25) is 5.91 Å². The quantitative estimate of drug-likeness (QED) is 0.889. The van der Waals surface area contributed by atoms with Crippen molar-refractivity contribution in [1.82, 2.24) is 24.6 Å². The van der Waals surface area contributed by atoms with Gasteiger partial charge in [0.1, 0.15) is 5.82 Å². The maximum Gasteiger partial charge on any atom is 0.222 e. The van der Waals surface area contributed by atoms with Crippen molar-refractivity contribution >= 4 is 11.7 Å². The number of carbonyl (C=O) groups excluding carboxylic acids is 1. The molecule has 1 amide bonds. The van der Waals surface area contributed by atoms with Crippen molar-refractivity contribution < 1.29 is 4.79 Å². The Labute approximate surface area is 148 Å². The maximum absolute atomic E-state index is 12.6. The second-order valence-electron chi connectivity index (χ2n) is 6.82. The molecule has 0 unspecified atom stereocenters. The van der Waals surface area contributed by atoms with Crippen LogP contribution in [0.2, 0.25) is 0 Å². The fraction of sp³-hybridized carbons (Fsp3) is 0.556. The summed E-state index contributed by atoms with van der Waals surface area (Å²) >= 11 is 0. The molecule has 3 heterocycles. The predicted molar refractivity (Wildman–Crippen MR) is 95.7 cm³/mol. The van der Waals surface area contributed by atoms with Crippen LogP contribution in [0.5, 0.6) is 0 Å². The fourth-order valence-corrected chi connectivity index (χ4v) is 3.46. The average molecular weight is 342 g/mol. The van der Waals surface area contributed by atoms with Crippen molar-refractivity contribution in [3.63, 3.8) is 0 Å². The summed E-state index contributed by atoms with van der Waals surface area (Å²) in [6, 6.07) is 0. The standard InChI is InChI=1S/C18H26N6O/c1-13-15(11-22-23(13)2)5-6-17(25)24-9-3-4-14(12-24)10-16-18(19)21-8-7-20-16/h7-8,11,14H,3-6,9-10,12H2,1-2H3,(H2,19,21)/t14-/m0/s1. The van der Waals surface area contributed by atoms with E-state index in [0.717, 1.165) is 55.7 Å². The number of aromatic nitrogens is 4. The molecule has 1 aliphatic heterocycles. The normalized spacial score (nSPS) is 17.7. The molecule has 1 fully saturated rings. The Morgan fingerprint density at radius 3 is 2.88 bits per heavy atom. The van der Waals surface area contributed by atoms with E-state index in [4.69, 9.17) is 5.73 Å². The van der Waals surface area contributed by atoms with Crippen LogP contribution < -0.4 is 5.73 Å². The van der Waals surface area contributed by atoms with Crippen molar-refractivity contribution in [3.05, 3.63) is 35.5 Å². The molecule has 1 saturated heterocycles. The molecule has 0 saturated carbocycles. The summed E-state index contributed by atoms with van der Waals surface area (Å²) in [5, 5.41) is 4.24. The minimum absolute atomic E-state index is 0.222. The van der Waals surface area contributed by atoms with E-state index in [1.807, 2.05) is 29.7 Å². The van der Waals surface area contributed by atoms with Gasteiger partial charge >= 0.3 is 0 Å². The van der Waals surface area contributed by atoms with Gasteiger partial charge in [0.15, 0.2) is 0 Å². The van der Waals surface area contributed by atoms with E-state index in [1.165, 1.54) is 0 Å². The summed E-state index contributed by atoms with van der Waals surface area (Å²) in [5.41, 5.74) is 9.02. The number of nitrogens with two attached hydrogens (primary N) is 1. The molecule has 7 heteroatoms. The number of amides is 1. The number of aryl methyl sites for hydroxylation is 2. The van der Waals surface area contributed by atoms with Crippen LogP contribution in [0.4, 0.5) is 5.82 Å². The number of carbonyl (C=O) groups is 1. The molecule has 2 N–H and O–H groups in total. The largest absolute Gasteiger partial charge is 0.382 e. The van der Waals surface area contributed by atoms with Gasteiger partial charge in [0, 0.05) is 44.6 Å². The Hall–Kier alpha value is -2.44. The maximum atomic E-state index is 12.6. The Bertz CT molecular complexity index is 741. The third-order valence-corrected chi connectivity index (χ3v) is 5.11. The van der Waals surface area contributed by atoms with Gasteiger partial charge in [-0.15, -0.1) is 0 Å². The number of nitrogen functional groups attached to an aromatic ring is 1. The molecule has 1 atom stereocenters. The minimum atomic E-state index is 0.222. The summed E-state index contributed by atoms with van der Waals surface area (Å²) in [7, 11) is 1.92. The van der Waals surface area contributed by atoms with Gasteiger partial charge in [-0.05, 0) is 44.1 Å². The average Bonchev–Trinajstić information content (AvgIpc) is 2.94. The molecule has 1 aliphatic rings. The van der Waals surface area contributed by atoms with Crippen LogP contribution in [0.25, 0.3) is 0 Å². The molecule has 0 aromatic carbocycles. The van der Waals surface area contributed by atoms with E-state index in [-0.39, 0.29) is 5.91 Å². The Morgan fingerprint density at radius 1 is 1.36 bits per heavy atom. The zero-order chi connectivity index (χ0) is 17.8. The van der Waals surface area contributed by atoms with Gasteiger partial charge in [0.05, 0.1) is 11.9 Å². The minimum Gasteiger partial charge on any atom is -0.382 e. The summed E-state index contributed by atoms with van der Waals surface area (Å²) in [6.07, 6.45) is 9.33. The van der Waals surface area contributed by atoms with Crippen LogP contribution >= 0.6 is 0 Å². The van der Waals surface area contributed by atoms with E-state index in [1.54, 1.807) is 12.4 Å². The van der Waals surface area contributed by atoms with E-state index in [2.05, 4.69) is 15.1 Å². The Morgan fingerprint density at radius 2 is 2.16 bits per heavy atom. The molecule has 0 spiro atoms. The molecule has 7 nitrogen and oxygen atoms in total. The Kier molecular flexibility index (Phi) is 5.31. The van der Waals surface area contributed by atoms with Crippen LogP contribution in [0, 0.1) is 12.8 Å². The highest BCUT2D eigenvalue weighted by Gasteiger charge is 2.24. The van der Waals surface area contributed by atoms with Crippen LogP contribution in [0.15, 0.2) is 18.6 Å². The summed E-state index contributed by atoms with van der Waals surface area (Å²) in [5.74, 6) is 1.12. The second-order valence-corrected chi connectivity index (χ2v) is 6.82. The molecule has 2 aromatic heterocycles. The first-order valence-corrected chi connectivity index (χ1v) is 8.85. The molecule has 0 radical (unpaired) electrons. The first kappa shape index (κ1) is 17.4.